The monoisotopic (exact) mass is 399 g/mol. The Kier molecular flexibility index (Phi) is 8.01. The number of hydrogen-bond donors (Lipinski definition) is 1. The predicted octanol–water partition coefficient (Wildman–Crippen LogP) is 3.40. The van der Waals surface area contributed by atoms with Crippen molar-refractivity contribution in [2.75, 3.05) is 24.2 Å². The minimum atomic E-state index is -0.151. The maximum Gasteiger partial charge on any atom is 0.254 e. The Balaban J connectivity index is 1.93. The SMILES string of the molecule is C=CCN(CC=C)C(=O)c1ccc(NC(=O)CSc2nncn2C(C)C)cc1. The Labute approximate surface area is 169 Å². The summed E-state index contributed by atoms with van der Waals surface area (Å²) in [5.74, 6) is -0.0398. The van der Waals surface area contributed by atoms with Crippen LogP contribution in [0.3, 0.4) is 0 Å². The molecule has 0 saturated carbocycles. The lowest BCUT2D eigenvalue weighted by Crippen LogP contribution is -2.31. The van der Waals surface area contributed by atoms with Crippen molar-refractivity contribution in [1.29, 1.82) is 0 Å². The van der Waals surface area contributed by atoms with Gasteiger partial charge >= 0.3 is 0 Å². The van der Waals surface area contributed by atoms with Crippen LogP contribution in [-0.4, -0.2) is 50.3 Å². The molecular formula is C20H25N5O2S. The van der Waals surface area contributed by atoms with Crippen molar-refractivity contribution >= 4 is 29.3 Å². The number of benzene rings is 1. The number of hydrogen-bond acceptors (Lipinski definition) is 5. The molecule has 1 aromatic carbocycles. The number of amides is 2. The summed E-state index contributed by atoms with van der Waals surface area (Å²) in [4.78, 5) is 26.3. The Morgan fingerprint density at radius 2 is 1.86 bits per heavy atom. The summed E-state index contributed by atoms with van der Waals surface area (Å²) in [5.41, 5.74) is 1.17. The van der Waals surface area contributed by atoms with E-state index in [2.05, 4.69) is 28.7 Å². The van der Waals surface area contributed by atoms with E-state index in [1.165, 1.54) is 11.8 Å². The third kappa shape index (κ3) is 5.82. The summed E-state index contributed by atoms with van der Waals surface area (Å²) in [7, 11) is 0. The molecule has 0 saturated heterocycles. The summed E-state index contributed by atoms with van der Waals surface area (Å²) >= 11 is 1.33. The van der Waals surface area contributed by atoms with E-state index in [9.17, 15) is 9.59 Å². The van der Waals surface area contributed by atoms with E-state index < -0.39 is 0 Å². The van der Waals surface area contributed by atoms with Gasteiger partial charge in [-0.05, 0) is 38.1 Å². The predicted molar refractivity (Wildman–Crippen MR) is 113 cm³/mol. The highest BCUT2D eigenvalue weighted by Crippen LogP contribution is 2.19. The molecule has 0 aliphatic rings. The van der Waals surface area contributed by atoms with Gasteiger partial charge in [0, 0.05) is 30.4 Å². The molecular weight excluding hydrogens is 374 g/mol. The third-order valence-corrected chi connectivity index (χ3v) is 4.79. The fourth-order valence-electron chi connectivity index (χ4n) is 2.45. The Morgan fingerprint density at radius 3 is 2.43 bits per heavy atom. The third-order valence-electron chi connectivity index (χ3n) is 3.83. The van der Waals surface area contributed by atoms with Crippen molar-refractivity contribution in [3.8, 4) is 0 Å². The molecule has 0 atom stereocenters. The lowest BCUT2D eigenvalue weighted by Gasteiger charge is -2.19. The second-order valence-corrected chi connectivity index (χ2v) is 7.26. The second kappa shape index (κ2) is 10.5. The van der Waals surface area contributed by atoms with Gasteiger partial charge in [0.2, 0.25) is 5.91 Å². The molecule has 0 aliphatic heterocycles. The number of nitrogens with one attached hydrogen (secondary N) is 1. The smallest absolute Gasteiger partial charge is 0.254 e. The van der Waals surface area contributed by atoms with E-state index in [4.69, 9.17) is 0 Å². The zero-order valence-corrected chi connectivity index (χ0v) is 17.0. The zero-order valence-electron chi connectivity index (χ0n) is 16.2. The van der Waals surface area contributed by atoms with Crippen LogP contribution in [0.25, 0.3) is 0 Å². The largest absolute Gasteiger partial charge is 0.331 e. The van der Waals surface area contributed by atoms with Crippen molar-refractivity contribution in [1.82, 2.24) is 19.7 Å². The van der Waals surface area contributed by atoms with Crippen LogP contribution < -0.4 is 5.32 Å². The first-order valence-electron chi connectivity index (χ1n) is 8.89. The number of aromatic nitrogens is 3. The molecule has 1 N–H and O–H groups in total. The molecule has 1 heterocycles. The van der Waals surface area contributed by atoms with E-state index in [1.807, 2.05) is 18.4 Å². The molecule has 2 rings (SSSR count). The van der Waals surface area contributed by atoms with Crippen molar-refractivity contribution in [2.45, 2.75) is 25.0 Å². The molecule has 0 radical (unpaired) electrons. The van der Waals surface area contributed by atoms with E-state index >= 15 is 0 Å². The van der Waals surface area contributed by atoms with E-state index in [0.29, 0.717) is 29.5 Å². The first-order valence-corrected chi connectivity index (χ1v) is 9.88. The maximum atomic E-state index is 12.5. The number of carbonyl (C=O) groups excluding carboxylic acids is 2. The molecule has 2 aromatic rings. The van der Waals surface area contributed by atoms with Gasteiger partial charge in [0.05, 0.1) is 5.75 Å². The molecule has 0 spiro atoms. The lowest BCUT2D eigenvalue weighted by molar-refractivity contribution is -0.113. The number of nitrogens with zero attached hydrogens (tertiary/aromatic N) is 4. The highest BCUT2D eigenvalue weighted by Gasteiger charge is 2.14. The topological polar surface area (TPSA) is 80.1 Å². The Bertz CT molecular complexity index is 819. The molecule has 28 heavy (non-hydrogen) atoms. The number of thioether (sulfide) groups is 1. The summed E-state index contributed by atoms with van der Waals surface area (Å²) in [6, 6.07) is 7.05. The average Bonchev–Trinajstić information content (AvgIpc) is 3.15. The van der Waals surface area contributed by atoms with Gasteiger partial charge in [0.15, 0.2) is 5.16 Å². The van der Waals surface area contributed by atoms with Crippen molar-refractivity contribution in [2.24, 2.45) is 0 Å². The molecule has 0 unspecified atom stereocenters. The number of rotatable bonds is 10. The van der Waals surface area contributed by atoms with Gasteiger partial charge in [-0.2, -0.15) is 0 Å². The normalized spacial score (nSPS) is 10.5. The summed E-state index contributed by atoms with van der Waals surface area (Å²) < 4.78 is 1.91. The molecule has 0 aliphatic carbocycles. The minimum absolute atomic E-state index is 0.110. The van der Waals surface area contributed by atoms with Gasteiger partial charge in [-0.15, -0.1) is 23.4 Å². The van der Waals surface area contributed by atoms with E-state index in [0.717, 1.165) is 0 Å². The molecule has 0 bridgehead atoms. The summed E-state index contributed by atoms with van der Waals surface area (Å²) in [6.07, 6.45) is 5.00. The fraction of sp³-hybridized carbons (Fsp3) is 0.300. The molecule has 148 valence electrons. The molecule has 0 fully saturated rings. The van der Waals surface area contributed by atoms with Gasteiger partial charge in [-0.25, -0.2) is 0 Å². The second-order valence-electron chi connectivity index (χ2n) is 6.32. The highest BCUT2D eigenvalue weighted by atomic mass is 32.2. The average molecular weight is 400 g/mol. The molecule has 7 nitrogen and oxygen atoms in total. The van der Waals surface area contributed by atoms with Crippen LogP contribution in [0.2, 0.25) is 0 Å². The summed E-state index contributed by atoms with van der Waals surface area (Å²) in [5, 5.41) is 11.4. The van der Waals surface area contributed by atoms with Crippen LogP contribution in [0.15, 0.2) is 61.1 Å². The van der Waals surface area contributed by atoms with Crippen LogP contribution in [0.5, 0.6) is 0 Å². The van der Waals surface area contributed by atoms with E-state index in [-0.39, 0.29) is 23.6 Å². The Hall–Kier alpha value is -2.87. The maximum absolute atomic E-state index is 12.5. The van der Waals surface area contributed by atoms with Gasteiger partial charge in [-0.3, -0.25) is 9.59 Å². The van der Waals surface area contributed by atoms with Crippen molar-refractivity contribution in [3.63, 3.8) is 0 Å². The number of carbonyl (C=O) groups is 2. The quantitative estimate of drug-likeness (QED) is 0.489. The van der Waals surface area contributed by atoms with Crippen molar-refractivity contribution in [3.05, 3.63) is 61.5 Å². The minimum Gasteiger partial charge on any atom is -0.331 e. The number of anilines is 1. The first kappa shape index (κ1) is 21.4. The standard InChI is InChI=1S/C20H25N5O2S/c1-5-11-24(12-6-2)19(27)16-7-9-17(10-8-16)22-18(26)13-28-20-23-21-14-25(20)15(3)4/h5-10,14-15H,1-2,11-13H2,3-4H3,(H,22,26). The van der Waals surface area contributed by atoms with E-state index in [1.54, 1.807) is 47.6 Å². The van der Waals surface area contributed by atoms with Gasteiger partial charge in [-0.1, -0.05) is 23.9 Å². The lowest BCUT2D eigenvalue weighted by atomic mass is 10.1. The zero-order chi connectivity index (χ0) is 20.5. The Morgan fingerprint density at radius 1 is 1.21 bits per heavy atom. The molecule has 8 heteroatoms. The first-order chi connectivity index (χ1) is 13.5. The van der Waals surface area contributed by atoms with Gasteiger partial charge in [0.1, 0.15) is 6.33 Å². The summed E-state index contributed by atoms with van der Waals surface area (Å²) in [6.45, 7) is 12.3. The highest BCUT2D eigenvalue weighted by molar-refractivity contribution is 7.99. The van der Waals surface area contributed by atoms with Crippen LogP contribution in [0.1, 0.15) is 30.2 Å². The van der Waals surface area contributed by atoms with Crippen LogP contribution in [0, 0.1) is 0 Å². The van der Waals surface area contributed by atoms with Crippen LogP contribution >= 0.6 is 11.8 Å². The van der Waals surface area contributed by atoms with Crippen molar-refractivity contribution < 1.29 is 9.59 Å². The molecule has 2 amide bonds. The van der Waals surface area contributed by atoms with Gasteiger partial charge in [0.25, 0.3) is 5.91 Å². The van der Waals surface area contributed by atoms with Crippen LogP contribution in [0.4, 0.5) is 5.69 Å². The molecule has 1 aromatic heterocycles. The van der Waals surface area contributed by atoms with Gasteiger partial charge < -0.3 is 14.8 Å². The van der Waals surface area contributed by atoms with Crippen LogP contribution in [-0.2, 0) is 4.79 Å². The fourth-order valence-corrected chi connectivity index (χ4v) is 3.29.